The average molecular weight is 356 g/mol. The highest BCUT2D eigenvalue weighted by Gasteiger charge is 2.32. The molecule has 0 aromatic heterocycles. The Kier molecular flexibility index (Phi) is 14.3. The fraction of sp³-hybridized carbons (Fsp3) is 1.00. The molecule has 0 fully saturated rings. The van der Waals surface area contributed by atoms with Gasteiger partial charge in [0.2, 0.25) is 10.4 Å². The topological polar surface area (TPSA) is 123 Å². The molecule has 5 N–H and O–H groups in total. The predicted octanol–water partition coefficient (Wildman–Crippen LogP) is 4.15. The van der Waals surface area contributed by atoms with Gasteiger partial charge in [-0.1, -0.05) is 58.3 Å². The van der Waals surface area contributed by atoms with E-state index in [0.717, 1.165) is 19.3 Å². The van der Waals surface area contributed by atoms with Crippen molar-refractivity contribution in [3.05, 3.63) is 0 Å². The summed E-state index contributed by atoms with van der Waals surface area (Å²) in [6.45, 7) is 5.38. The Balaban J connectivity index is 0. The lowest BCUT2D eigenvalue weighted by Gasteiger charge is -2.34. The van der Waals surface area contributed by atoms with Crippen LogP contribution in [0.3, 0.4) is 0 Å². The maximum Gasteiger partial charge on any atom is 0.218 e. The number of hydrogen-bond acceptors (Lipinski definition) is 5. The van der Waals surface area contributed by atoms with Gasteiger partial charge in [-0.3, -0.25) is 4.18 Å². The first kappa shape index (κ1) is 25.0. The van der Waals surface area contributed by atoms with Crippen LogP contribution in [0.15, 0.2) is 0 Å². The minimum Gasteiger partial charge on any atom is -0.726 e. The van der Waals surface area contributed by atoms with Crippen LogP contribution in [0.4, 0.5) is 0 Å². The summed E-state index contributed by atoms with van der Waals surface area (Å²) in [6.07, 6.45) is 10.8. The van der Waals surface area contributed by atoms with Crippen LogP contribution in [0.5, 0.6) is 0 Å². The van der Waals surface area contributed by atoms with Crippen LogP contribution in [-0.2, 0) is 14.6 Å². The smallest absolute Gasteiger partial charge is 0.218 e. The number of quaternary nitrogens is 1. The summed E-state index contributed by atoms with van der Waals surface area (Å²) in [5.41, 5.74) is -1.07. The molecule has 0 aliphatic carbocycles. The quantitative estimate of drug-likeness (QED) is 0.275. The molecule has 23 heavy (non-hydrogen) atoms. The van der Waals surface area contributed by atoms with E-state index in [9.17, 15) is 13.0 Å². The van der Waals surface area contributed by atoms with Crippen molar-refractivity contribution in [2.75, 3.05) is 6.61 Å². The van der Waals surface area contributed by atoms with Crippen LogP contribution >= 0.6 is 0 Å². The zero-order valence-corrected chi connectivity index (χ0v) is 16.2. The van der Waals surface area contributed by atoms with Crippen molar-refractivity contribution in [1.82, 2.24) is 6.15 Å². The van der Waals surface area contributed by atoms with Crippen LogP contribution in [0.1, 0.15) is 85.0 Å². The number of aliphatic hydroxyl groups is 1. The fourth-order valence-electron chi connectivity index (χ4n) is 2.85. The molecule has 0 amide bonds. The maximum absolute atomic E-state index is 10.8. The highest BCUT2D eigenvalue weighted by atomic mass is 32.3. The molecule has 0 saturated heterocycles. The van der Waals surface area contributed by atoms with Crippen molar-refractivity contribution in [2.24, 2.45) is 5.92 Å². The molecule has 6 nitrogen and oxygen atoms in total. The van der Waals surface area contributed by atoms with E-state index in [1.807, 2.05) is 0 Å². The molecule has 0 bridgehead atoms. The SMILES string of the molecule is CCCCCCCCCCC(CCO)C(C)(C)OS(=O)(=O)[O-].[NH4+]. The fourth-order valence-corrected chi connectivity index (χ4v) is 3.51. The third kappa shape index (κ3) is 13.9. The van der Waals surface area contributed by atoms with Crippen molar-refractivity contribution in [3.8, 4) is 0 Å². The molecule has 0 aliphatic rings. The van der Waals surface area contributed by atoms with E-state index in [0.29, 0.717) is 6.42 Å². The summed E-state index contributed by atoms with van der Waals surface area (Å²) in [6, 6.07) is 0. The minimum atomic E-state index is -4.72. The number of hydrogen-bond donors (Lipinski definition) is 2. The van der Waals surface area contributed by atoms with Crippen LogP contribution in [0, 0.1) is 5.92 Å². The van der Waals surface area contributed by atoms with E-state index in [1.54, 1.807) is 13.8 Å². The minimum absolute atomic E-state index is 0. The molecule has 0 heterocycles. The van der Waals surface area contributed by atoms with Gasteiger partial charge in [0, 0.05) is 6.61 Å². The standard InChI is InChI=1S/C16H34O5S.H3N/c1-4-5-6-7-8-9-10-11-12-15(13-14-17)16(2,3)21-22(18,19)20;/h15,17H,4-14H2,1-3H3,(H,18,19,20);1H3. The van der Waals surface area contributed by atoms with Crippen molar-refractivity contribution in [2.45, 2.75) is 90.6 Å². The number of aliphatic hydroxyl groups excluding tert-OH is 1. The highest BCUT2D eigenvalue weighted by molar-refractivity contribution is 7.80. The first-order valence-electron chi connectivity index (χ1n) is 8.50. The van der Waals surface area contributed by atoms with E-state index in [2.05, 4.69) is 11.1 Å². The van der Waals surface area contributed by atoms with Crippen LogP contribution < -0.4 is 6.15 Å². The van der Waals surface area contributed by atoms with Gasteiger partial charge < -0.3 is 15.8 Å². The first-order chi connectivity index (χ1) is 10.2. The number of unbranched alkanes of at least 4 members (excludes halogenated alkanes) is 7. The van der Waals surface area contributed by atoms with Gasteiger partial charge in [-0.15, -0.1) is 0 Å². The Labute approximate surface area is 142 Å². The summed E-state index contributed by atoms with van der Waals surface area (Å²) in [7, 11) is -4.72. The van der Waals surface area contributed by atoms with Crippen molar-refractivity contribution >= 4 is 10.4 Å². The monoisotopic (exact) mass is 355 g/mol. The molecule has 7 heteroatoms. The lowest BCUT2D eigenvalue weighted by Crippen LogP contribution is -2.37. The van der Waals surface area contributed by atoms with Crippen LogP contribution in [-0.4, -0.2) is 30.3 Å². The lowest BCUT2D eigenvalue weighted by atomic mass is 9.84. The van der Waals surface area contributed by atoms with Crippen molar-refractivity contribution in [1.29, 1.82) is 0 Å². The third-order valence-electron chi connectivity index (χ3n) is 4.18. The summed E-state index contributed by atoms with van der Waals surface area (Å²) in [4.78, 5) is 0. The van der Waals surface area contributed by atoms with E-state index in [1.165, 1.54) is 38.5 Å². The van der Waals surface area contributed by atoms with Crippen LogP contribution in [0.25, 0.3) is 0 Å². The molecule has 1 atom stereocenters. The van der Waals surface area contributed by atoms with E-state index in [-0.39, 0.29) is 18.7 Å². The van der Waals surface area contributed by atoms with Gasteiger partial charge in [0.05, 0.1) is 5.60 Å². The van der Waals surface area contributed by atoms with Gasteiger partial charge in [-0.05, 0) is 32.6 Å². The van der Waals surface area contributed by atoms with E-state index >= 15 is 0 Å². The lowest BCUT2D eigenvalue weighted by molar-refractivity contribution is 0.0202. The summed E-state index contributed by atoms with van der Waals surface area (Å²) in [5.74, 6) is -0.138. The van der Waals surface area contributed by atoms with Crippen molar-refractivity contribution < 1.29 is 22.3 Å². The van der Waals surface area contributed by atoms with Gasteiger partial charge in [0.25, 0.3) is 0 Å². The Hall–Kier alpha value is -0.210. The largest absolute Gasteiger partial charge is 0.726 e. The second kappa shape index (κ2) is 13.1. The molecule has 0 saturated carbocycles. The molecule has 0 aliphatic heterocycles. The molecule has 1 unspecified atom stereocenters. The molecule has 0 rings (SSSR count). The summed E-state index contributed by atoms with van der Waals surface area (Å²) < 4.78 is 37.1. The van der Waals surface area contributed by atoms with Crippen molar-refractivity contribution in [3.63, 3.8) is 0 Å². The van der Waals surface area contributed by atoms with E-state index in [4.69, 9.17) is 5.11 Å². The summed E-state index contributed by atoms with van der Waals surface area (Å²) >= 11 is 0. The molecular formula is C16H37NO5S. The van der Waals surface area contributed by atoms with Gasteiger partial charge in [-0.25, -0.2) is 8.42 Å². The highest BCUT2D eigenvalue weighted by Crippen LogP contribution is 2.30. The van der Waals surface area contributed by atoms with Gasteiger partial charge in [0.15, 0.2) is 0 Å². The summed E-state index contributed by atoms with van der Waals surface area (Å²) in [5, 5.41) is 9.14. The molecule has 0 spiro atoms. The second-order valence-corrected chi connectivity index (χ2v) is 7.55. The van der Waals surface area contributed by atoms with Gasteiger partial charge >= 0.3 is 0 Å². The first-order valence-corrected chi connectivity index (χ1v) is 9.83. The molecule has 0 aromatic rings. The Morgan fingerprint density at radius 3 is 1.91 bits per heavy atom. The molecular weight excluding hydrogens is 318 g/mol. The average Bonchev–Trinajstić information content (AvgIpc) is 2.37. The normalized spacial score (nSPS) is 13.6. The zero-order valence-electron chi connectivity index (χ0n) is 15.3. The van der Waals surface area contributed by atoms with Gasteiger partial charge in [-0.2, -0.15) is 0 Å². The maximum atomic E-state index is 10.8. The predicted molar refractivity (Wildman–Crippen MR) is 93.3 cm³/mol. The Morgan fingerprint density at radius 1 is 1.00 bits per heavy atom. The second-order valence-electron chi connectivity index (χ2n) is 6.57. The van der Waals surface area contributed by atoms with E-state index < -0.39 is 16.0 Å². The third-order valence-corrected chi connectivity index (χ3v) is 4.82. The van der Waals surface area contributed by atoms with Gasteiger partial charge in [0.1, 0.15) is 0 Å². The molecule has 142 valence electrons. The number of rotatable bonds is 14. The van der Waals surface area contributed by atoms with Crippen LogP contribution in [0.2, 0.25) is 0 Å². The Bertz CT molecular complexity index is 371. The molecule has 0 aromatic carbocycles. The Morgan fingerprint density at radius 2 is 1.48 bits per heavy atom. The molecule has 0 radical (unpaired) electrons. The zero-order chi connectivity index (χ0) is 17.1.